The number of nitrogens with zero attached hydrogens (tertiary/aromatic N) is 2. The number of hydrogen-bond donors (Lipinski definition) is 0. The Bertz CT molecular complexity index is 1080. The molecule has 3 heterocycles. The normalized spacial score (nSPS) is 15.8. The molecule has 0 saturated carbocycles. The van der Waals surface area contributed by atoms with Crippen molar-refractivity contribution in [2.75, 3.05) is 13.7 Å². The second-order valence-corrected chi connectivity index (χ2v) is 7.75. The molecule has 0 saturated heterocycles. The van der Waals surface area contributed by atoms with E-state index in [1.807, 2.05) is 55.5 Å². The molecule has 0 spiro atoms. The molecule has 0 bridgehead atoms. The van der Waals surface area contributed by atoms with Gasteiger partial charge in [-0.2, -0.15) is 0 Å². The highest BCUT2D eigenvalue weighted by Crippen LogP contribution is 2.41. The third-order valence-electron chi connectivity index (χ3n) is 6.55. The summed E-state index contributed by atoms with van der Waals surface area (Å²) in [4.78, 5) is 15.1. The summed E-state index contributed by atoms with van der Waals surface area (Å²) in [7, 11) is 3.49. The summed E-state index contributed by atoms with van der Waals surface area (Å²) in [6.45, 7) is 16.0. The first-order valence-corrected chi connectivity index (χ1v) is 12.6. The maximum Gasteiger partial charge on any atom is 0.340 e. The Morgan fingerprint density at radius 1 is 0.970 bits per heavy atom. The number of methoxy groups -OCH3 is 1. The number of carbonyl (C=O) groups excluding carboxylic acids is 1. The molecular weight excluding hydrogens is 408 g/mol. The number of aryl methyl sites for hydroxylation is 1. The number of fused-ring (bicyclic) bond motifs is 6. The van der Waals surface area contributed by atoms with Gasteiger partial charge in [0.2, 0.25) is 0 Å². The molecule has 33 heavy (non-hydrogen) atoms. The molecule has 2 aromatic carbocycles. The molecule has 1 atom stereocenters. The highest BCUT2D eigenvalue weighted by atomic mass is 16.5. The zero-order valence-electron chi connectivity index (χ0n) is 22.1. The van der Waals surface area contributed by atoms with Crippen molar-refractivity contribution in [3.63, 3.8) is 0 Å². The molecule has 2 aliphatic rings. The van der Waals surface area contributed by atoms with Gasteiger partial charge in [-0.15, -0.1) is 0 Å². The number of hydrogen-bond acceptors (Lipinski definition) is 3. The quantitative estimate of drug-likeness (QED) is 0.374. The van der Waals surface area contributed by atoms with Gasteiger partial charge in [0.25, 0.3) is 0 Å². The highest BCUT2D eigenvalue weighted by molar-refractivity contribution is 6.07. The molecule has 1 aromatic heterocycles. The van der Waals surface area contributed by atoms with Gasteiger partial charge in [0.05, 0.1) is 12.7 Å². The smallest absolute Gasteiger partial charge is 0.340 e. The number of ether oxygens (including phenoxy) is 1. The monoisotopic (exact) mass is 450 g/mol. The molecule has 2 aliphatic heterocycles. The Morgan fingerprint density at radius 2 is 1.64 bits per heavy atom. The minimum Gasteiger partial charge on any atom is -0.465 e. The van der Waals surface area contributed by atoms with Crippen LogP contribution in [0, 0.1) is 6.92 Å². The highest BCUT2D eigenvalue weighted by Gasteiger charge is 2.34. The van der Waals surface area contributed by atoms with Crippen LogP contribution in [0.15, 0.2) is 36.4 Å². The summed E-state index contributed by atoms with van der Waals surface area (Å²) in [5, 5.41) is 1.08. The first-order valence-electron chi connectivity index (χ1n) is 12.6. The predicted octanol–water partition coefficient (Wildman–Crippen LogP) is 7.01. The van der Waals surface area contributed by atoms with Gasteiger partial charge in [-0.25, -0.2) is 4.79 Å². The van der Waals surface area contributed by atoms with Gasteiger partial charge in [0.15, 0.2) is 0 Å². The Morgan fingerprint density at radius 3 is 2.30 bits per heavy atom. The van der Waals surface area contributed by atoms with Gasteiger partial charge in [-0.3, -0.25) is 4.90 Å². The summed E-state index contributed by atoms with van der Waals surface area (Å²) in [5.41, 5.74) is 8.41. The average molecular weight is 451 g/mol. The van der Waals surface area contributed by atoms with E-state index in [0.29, 0.717) is 6.04 Å². The largest absolute Gasteiger partial charge is 0.465 e. The van der Waals surface area contributed by atoms with Crippen molar-refractivity contribution >= 4 is 16.9 Å². The fourth-order valence-corrected chi connectivity index (χ4v) is 5.03. The van der Waals surface area contributed by atoms with E-state index in [-0.39, 0.29) is 5.97 Å². The van der Waals surface area contributed by atoms with Crippen molar-refractivity contribution in [3.05, 3.63) is 69.9 Å². The number of aromatic nitrogens is 1. The summed E-state index contributed by atoms with van der Waals surface area (Å²) in [6.07, 6.45) is 2.09. The van der Waals surface area contributed by atoms with Crippen LogP contribution < -0.4 is 0 Å². The molecule has 0 amide bonds. The van der Waals surface area contributed by atoms with E-state index in [9.17, 15) is 4.79 Å². The number of esters is 1. The van der Waals surface area contributed by atoms with Crippen LogP contribution in [0.1, 0.15) is 85.9 Å². The molecular formula is C29H42N2O2. The van der Waals surface area contributed by atoms with Crippen molar-refractivity contribution in [1.82, 2.24) is 9.47 Å². The minimum atomic E-state index is -0.238. The zero-order valence-corrected chi connectivity index (χ0v) is 22.1. The Balaban J connectivity index is 0.000000597. The van der Waals surface area contributed by atoms with E-state index < -0.39 is 0 Å². The second kappa shape index (κ2) is 12.0. The molecule has 1 unspecified atom stereocenters. The topological polar surface area (TPSA) is 34.5 Å². The number of carbonyl (C=O) groups is 1. The lowest BCUT2D eigenvalue weighted by atomic mass is 9.83. The van der Waals surface area contributed by atoms with Crippen molar-refractivity contribution in [2.24, 2.45) is 7.05 Å². The van der Waals surface area contributed by atoms with E-state index in [4.69, 9.17) is 4.74 Å². The second-order valence-electron chi connectivity index (χ2n) is 7.75. The molecule has 0 N–H and O–H groups in total. The van der Waals surface area contributed by atoms with Crippen molar-refractivity contribution in [3.8, 4) is 0 Å². The van der Waals surface area contributed by atoms with Gasteiger partial charge < -0.3 is 9.30 Å². The molecule has 180 valence electrons. The van der Waals surface area contributed by atoms with Crippen LogP contribution in [0.3, 0.4) is 0 Å². The van der Waals surface area contributed by atoms with Crippen LogP contribution in [-0.2, 0) is 31.2 Å². The predicted molar refractivity (Wildman–Crippen MR) is 140 cm³/mol. The third kappa shape index (κ3) is 4.72. The van der Waals surface area contributed by atoms with Crippen LogP contribution in [0.5, 0.6) is 0 Å². The molecule has 3 aromatic rings. The van der Waals surface area contributed by atoms with Gasteiger partial charge in [-0.1, -0.05) is 71.9 Å². The Kier molecular flexibility index (Phi) is 9.72. The molecule has 5 rings (SSSR count). The Labute approximate surface area is 200 Å². The summed E-state index contributed by atoms with van der Waals surface area (Å²) in [6, 6.07) is 13.7. The lowest BCUT2D eigenvalue weighted by Gasteiger charge is -2.41. The summed E-state index contributed by atoms with van der Waals surface area (Å²) < 4.78 is 7.23. The van der Waals surface area contributed by atoms with Gasteiger partial charge >= 0.3 is 5.97 Å². The fourth-order valence-electron chi connectivity index (χ4n) is 5.03. The number of rotatable bonds is 1. The van der Waals surface area contributed by atoms with Crippen LogP contribution in [0.4, 0.5) is 0 Å². The van der Waals surface area contributed by atoms with Crippen molar-refractivity contribution < 1.29 is 9.53 Å². The maximum absolute atomic E-state index is 12.5. The molecule has 4 nitrogen and oxygen atoms in total. The SMILES string of the molecule is CC.CC.CC.COC(=O)c1c(C)n(C)c2ccc3c(c12)CN1CCc2ccccc2C1C3. The summed E-state index contributed by atoms with van der Waals surface area (Å²) in [5.74, 6) is -0.238. The average Bonchev–Trinajstić information content (AvgIpc) is 3.16. The van der Waals surface area contributed by atoms with Crippen molar-refractivity contribution in [1.29, 1.82) is 0 Å². The first-order chi connectivity index (χ1) is 16.1. The molecule has 4 heteroatoms. The molecule has 0 aliphatic carbocycles. The van der Waals surface area contributed by atoms with Crippen LogP contribution in [0.25, 0.3) is 10.9 Å². The number of benzene rings is 2. The Hall–Kier alpha value is -2.59. The van der Waals surface area contributed by atoms with E-state index in [1.54, 1.807) is 0 Å². The fraction of sp³-hybridized carbons (Fsp3) is 0.483. The first kappa shape index (κ1) is 26.7. The van der Waals surface area contributed by atoms with E-state index in [1.165, 1.54) is 29.4 Å². The van der Waals surface area contributed by atoms with Crippen LogP contribution >= 0.6 is 0 Å². The summed E-state index contributed by atoms with van der Waals surface area (Å²) >= 11 is 0. The third-order valence-corrected chi connectivity index (χ3v) is 6.55. The minimum absolute atomic E-state index is 0.238. The standard InChI is InChI=1S/C23H24N2O2.3C2H6/c1-14-21(23(26)27-3)22-18-13-25-11-10-15-6-4-5-7-17(15)20(25)12-16(18)8-9-19(22)24(14)2;3*1-2/h4-9,20H,10-13H2,1-3H3;3*1-2H3. The van der Waals surface area contributed by atoms with Crippen LogP contribution in [0.2, 0.25) is 0 Å². The van der Waals surface area contributed by atoms with Gasteiger partial charge in [-0.05, 0) is 48.1 Å². The maximum atomic E-state index is 12.5. The van der Waals surface area contributed by atoms with E-state index >= 15 is 0 Å². The lowest BCUT2D eigenvalue weighted by molar-refractivity contribution is 0.0601. The van der Waals surface area contributed by atoms with E-state index in [0.717, 1.165) is 48.1 Å². The van der Waals surface area contributed by atoms with Gasteiger partial charge in [0.1, 0.15) is 0 Å². The van der Waals surface area contributed by atoms with Crippen molar-refractivity contribution in [2.45, 2.75) is 73.9 Å². The zero-order chi connectivity index (χ0) is 24.7. The lowest BCUT2D eigenvalue weighted by Crippen LogP contribution is -2.39. The van der Waals surface area contributed by atoms with E-state index in [2.05, 4.69) is 45.9 Å². The molecule has 0 fully saturated rings. The molecule has 0 radical (unpaired) electrons. The van der Waals surface area contributed by atoms with Crippen LogP contribution in [-0.4, -0.2) is 29.1 Å². The van der Waals surface area contributed by atoms with Gasteiger partial charge in [0, 0.05) is 42.8 Å².